The number of nitrogens with two attached hydrogens (primary N) is 1. The van der Waals surface area contributed by atoms with Crippen LogP contribution in [0.1, 0.15) is 31.0 Å². The molecule has 0 radical (unpaired) electrons. The summed E-state index contributed by atoms with van der Waals surface area (Å²) in [6.07, 6.45) is 0. The monoisotopic (exact) mass is 199 g/mol. The van der Waals surface area contributed by atoms with Crippen LogP contribution in [0.15, 0.2) is 24.3 Å². The molecule has 1 rings (SSSR count). The highest BCUT2D eigenvalue weighted by molar-refractivity contribution is 5.85. The summed E-state index contributed by atoms with van der Waals surface area (Å²) < 4.78 is 0. The Kier molecular flexibility index (Phi) is 5.04. The second-order valence-corrected chi connectivity index (χ2v) is 3.68. The molecule has 0 aliphatic rings. The van der Waals surface area contributed by atoms with E-state index in [0.29, 0.717) is 5.92 Å². The average Bonchev–Trinajstić information content (AvgIpc) is 2.03. The van der Waals surface area contributed by atoms with Gasteiger partial charge in [0.1, 0.15) is 0 Å². The van der Waals surface area contributed by atoms with Gasteiger partial charge in [0.05, 0.1) is 0 Å². The summed E-state index contributed by atoms with van der Waals surface area (Å²) in [5, 5.41) is 0. The van der Waals surface area contributed by atoms with Crippen LogP contribution in [0.25, 0.3) is 0 Å². The van der Waals surface area contributed by atoms with Crippen molar-refractivity contribution in [2.24, 2.45) is 11.7 Å². The van der Waals surface area contributed by atoms with Gasteiger partial charge in [-0.25, -0.2) is 0 Å². The lowest BCUT2D eigenvalue weighted by molar-refractivity contribution is 0.514. The average molecular weight is 200 g/mol. The van der Waals surface area contributed by atoms with Gasteiger partial charge < -0.3 is 5.73 Å². The number of halogens is 1. The Morgan fingerprint density at radius 3 is 2.31 bits per heavy atom. The lowest BCUT2D eigenvalue weighted by Crippen LogP contribution is -2.16. The molecule has 1 nitrogen and oxygen atoms in total. The number of benzene rings is 1. The van der Waals surface area contributed by atoms with Crippen LogP contribution >= 0.6 is 12.4 Å². The molecule has 0 aliphatic heterocycles. The van der Waals surface area contributed by atoms with Crippen molar-refractivity contribution in [1.29, 1.82) is 0 Å². The molecule has 0 aliphatic carbocycles. The van der Waals surface area contributed by atoms with Gasteiger partial charge in [0.25, 0.3) is 0 Å². The van der Waals surface area contributed by atoms with E-state index in [4.69, 9.17) is 5.73 Å². The molecule has 74 valence electrons. The molecule has 0 spiro atoms. The minimum atomic E-state index is 0. The second-order valence-electron chi connectivity index (χ2n) is 3.68. The summed E-state index contributed by atoms with van der Waals surface area (Å²) in [4.78, 5) is 0. The molecule has 1 aromatic carbocycles. The fourth-order valence-corrected chi connectivity index (χ4v) is 1.26. The minimum Gasteiger partial charge on any atom is -0.324 e. The zero-order chi connectivity index (χ0) is 9.14. The van der Waals surface area contributed by atoms with Crippen LogP contribution < -0.4 is 5.73 Å². The molecule has 1 aromatic rings. The van der Waals surface area contributed by atoms with Crippen LogP contribution in [0, 0.1) is 12.8 Å². The summed E-state index contributed by atoms with van der Waals surface area (Å²) in [5.74, 6) is 0.506. The molecule has 0 aromatic heterocycles. The van der Waals surface area contributed by atoms with Crippen LogP contribution in [0.3, 0.4) is 0 Å². The Bertz CT molecular complexity index is 258. The van der Waals surface area contributed by atoms with Gasteiger partial charge in [-0.1, -0.05) is 43.7 Å². The summed E-state index contributed by atoms with van der Waals surface area (Å²) in [6, 6.07) is 8.58. The lowest BCUT2D eigenvalue weighted by Gasteiger charge is -2.16. The van der Waals surface area contributed by atoms with Gasteiger partial charge in [-0.15, -0.1) is 12.4 Å². The third-order valence-corrected chi connectivity index (χ3v) is 2.15. The minimum absolute atomic E-state index is 0. The molecule has 0 fully saturated rings. The van der Waals surface area contributed by atoms with E-state index in [1.54, 1.807) is 0 Å². The van der Waals surface area contributed by atoms with Gasteiger partial charge in [-0.05, 0) is 18.4 Å². The molecule has 0 amide bonds. The van der Waals surface area contributed by atoms with Gasteiger partial charge >= 0.3 is 0 Å². The van der Waals surface area contributed by atoms with Crippen molar-refractivity contribution in [2.75, 3.05) is 0 Å². The zero-order valence-corrected chi connectivity index (χ0v) is 9.27. The number of rotatable bonds is 2. The van der Waals surface area contributed by atoms with Gasteiger partial charge in [-0.2, -0.15) is 0 Å². The number of hydrogen-bond acceptors (Lipinski definition) is 1. The summed E-state index contributed by atoms with van der Waals surface area (Å²) >= 11 is 0. The third kappa shape index (κ3) is 3.37. The van der Waals surface area contributed by atoms with Crippen molar-refractivity contribution in [3.8, 4) is 0 Å². The number of aryl methyl sites for hydroxylation is 1. The molecule has 0 saturated heterocycles. The van der Waals surface area contributed by atoms with E-state index in [1.807, 2.05) is 0 Å². The standard InChI is InChI=1S/C11H17N.ClH/c1-8(2)11(12)10-6-4-5-9(3)7-10;/h4-8,11H,12H2,1-3H3;1H/t11-;/m1./s1. The smallest absolute Gasteiger partial charge is 0.0318 e. The van der Waals surface area contributed by atoms with E-state index in [1.165, 1.54) is 11.1 Å². The Hall–Kier alpha value is -0.530. The van der Waals surface area contributed by atoms with Gasteiger partial charge in [-0.3, -0.25) is 0 Å². The Balaban J connectivity index is 0.00000144. The van der Waals surface area contributed by atoms with Crippen LogP contribution in [0.4, 0.5) is 0 Å². The highest BCUT2D eigenvalue weighted by atomic mass is 35.5. The molecule has 0 bridgehead atoms. The highest BCUT2D eigenvalue weighted by Crippen LogP contribution is 2.19. The molecule has 0 unspecified atom stereocenters. The fourth-order valence-electron chi connectivity index (χ4n) is 1.26. The topological polar surface area (TPSA) is 26.0 Å². The summed E-state index contributed by atoms with van der Waals surface area (Å²) in [6.45, 7) is 6.39. The molecular weight excluding hydrogens is 182 g/mol. The van der Waals surface area contributed by atoms with Crippen LogP contribution in [0.2, 0.25) is 0 Å². The van der Waals surface area contributed by atoms with E-state index in [-0.39, 0.29) is 18.4 Å². The quantitative estimate of drug-likeness (QED) is 0.779. The third-order valence-electron chi connectivity index (χ3n) is 2.15. The van der Waals surface area contributed by atoms with Gasteiger partial charge in [0, 0.05) is 6.04 Å². The van der Waals surface area contributed by atoms with Crippen molar-refractivity contribution in [3.63, 3.8) is 0 Å². The SMILES string of the molecule is Cc1cccc([C@H](N)C(C)C)c1.Cl. The van der Waals surface area contributed by atoms with Gasteiger partial charge in [0.15, 0.2) is 0 Å². The maximum atomic E-state index is 6.01. The molecule has 2 N–H and O–H groups in total. The van der Waals surface area contributed by atoms with Crippen molar-refractivity contribution in [1.82, 2.24) is 0 Å². The van der Waals surface area contributed by atoms with Gasteiger partial charge in [0.2, 0.25) is 0 Å². The first kappa shape index (κ1) is 12.5. The summed E-state index contributed by atoms with van der Waals surface area (Å²) in [7, 11) is 0. The van der Waals surface area contributed by atoms with Crippen molar-refractivity contribution in [2.45, 2.75) is 26.8 Å². The first-order valence-corrected chi connectivity index (χ1v) is 4.43. The Morgan fingerprint density at radius 2 is 1.85 bits per heavy atom. The molecule has 0 heterocycles. The number of hydrogen-bond donors (Lipinski definition) is 1. The molecular formula is C11H18ClN. The Morgan fingerprint density at radius 1 is 1.23 bits per heavy atom. The largest absolute Gasteiger partial charge is 0.324 e. The van der Waals surface area contributed by atoms with Crippen LogP contribution in [-0.2, 0) is 0 Å². The van der Waals surface area contributed by atoms with E-state index in [0.717, 1.165) is 0 Å². The van der Waals surface area contributed by atoms with Crippen molar-refractivity contribution >= 4 is 12.4 Å². The molecule has 2 heteroatoms. The van der Waals surface area contributed by atoms with Crippen LogP contribution in [-0.4, -0.2) is 0 Å². The highest BCUT2D eigenvalue weighted by Gasteiger charge is 2.09. The molecule has 0 saturated carbocycles. The second kappa shape index (κ2) is 5.25. The van der Waals surface area contributed by atoms with Crippen molar-refractivity contribution in [3.05, 3.63) is 35.4 Å². The Labute approximate surface area is 86.7 Å². The molecule has 13 heavy (non-hydrogen) atoms. The summed E-state index contributed by atoms with van der Waals surface area (Å²) in [5.41, 5.74) is 8.53. The molecule has 1 atom stereocenters. The van der Waals surface area contributed by atoms with Crippen molar-refractivity contribution < 1.29 is 0 Å². The predicted octanol–water partition coefficient (Wildman–Crippen LogP) is 3.07. The maximum absolute atomic E-state index is 6.01. The first-order valence-electron chi connectivity index (χ1n) is 4.43. The predicted molar refractivity (Wildman–Crippen MR) is 60.2 cm³/mol. The fraction of sp³-hybridized carbons (Fsp3) is 0.455. The zero-order valence-electron chi connectivity index (χ0n) is 8.45. The normalized spacial score (nSPS) is 12.4. The first-order chi connectivity index (χ1) is 5.61. The van der Waals surface area contributed by atoms with E-state index >= 15 is 0 Å². The van der Waals surface area contributed by atoms with Crippen LogP contribution in [0.5, 0.6) is 0 Å². The maximum Gasteiger partial charge on any atom is 0.0318 e. The van der Waals surface area contributed by atoms with E-state index in [2.05, 4.69) is 45.0 Å². The lowest BCUT2D eigenvalue weighted by atomic mass is 9.96. The van der Waals surface area contributed by atoms with E-state index in [9.17, 15) is 0 Å². The van der Waals surface area contributed by atoms with E-state index < -0.39 is 0 Å².